The maximum absolute atomic E-state index is 5.60. The van der Waals surface area contributed by atoms with Gasteiger partial charge in [0, 0.05) is 5.56 Å². The lowest BCUT2D eigenvalue weighted by Crippen LogP contribution is -1.94. The molecule has 4 nitrogen and oxygen atoms in total. The summed E-state index contributed by atoms with van der Waals surface area (Å²) in [5.74, 6) is 1.81. The van der Waals surface area contributed by atoms with E-state index in [1.165, 1.54) is 5.56 Å². The van der Waals surface area contributed by atoms with Crippen LogP contribution in [0.4, 0.5) is 0 Å². The van der Waals surface area contributed by atoms with Crippen LogP contribution in [0.15, 0.2) is 53.1 Å². The molecule has 0 bridgehead atoms. The summed E-state index contributed by atoms with van der Waals surface area (Å²) >= 11 is 0. The molecule has 0 saturated heterocycles. The summed E-state index contributed by atoms with van der Waals surface area (Å²) in [4.78, 5) is 4.47. The number of aromatic nitrogens is 2. The van der Waals surface area contributed by atoms with Gasteiger partial charge in [-0.05, 0) is 38.1 Å². The largest absolute Gasteiger partial charge is 0.493 e. The Kier molecular flexibility index (Phi) is 3.69. The SMILES string of the molecule is CCOc1ccccc1-c1noc(-c2ccc(C)cc2)n1. The van der Waals surface area contributed by atoms with Crippen LogP contribution in [0.1, 0.15) is 12.5 Å². The van der Waals surface area contributed by atoms with Crippen molar-refractivity contribution in [3.05, 3.63) is 54.1 Å². The summed E-state index contributed by atoms with van der Waals surface area (Å²) in [7, 11) is 0. The number of ether oxygens (including phenoxy) is 1. The van der Waals surface area contributed by atoms with Crippen molar-refractivity contribution in [2.45, 2.75) is 13.8 Å². The minimum atomic E-state index is 0.510. The van der Waals surface area contributed by atoms with Crippen molar-refractivity contribution in [1.82, 2.24) is 10.1 Å². The average molecular weight is 280 g/mol. The standard InChI is InChI=1S/C17H16N2O2/c1-3-20-15-7-5-4-6-14(15)16-18-17(21-19-16)13-10-8-12(2)9-11-13/h4-11H,3H2,1-2H3. The molecular formula is C17H16N2O2. The molecule has 0 aliphatic rings. The molecule has 1 aromatic heterocycles. The summed E-state index contributed by atoms with van der Waals surface area (Å²) < 4.78 is 11.0. The van der Waals surface area contributed by atoms with Crippen LogP contribution in [0, 0.1) is 6.92 Å². The minimum absolute atomic E-state index is 0.510. The van der Waals surface area contributed by atoms with Gasteiger partial charge in [-0.15, -0.1) is 0 Å². The predicted molar refractivity (Wildman–Crippen MR) is 81.1 cm³/mol. The van der Waals surface area contributed by atoms with Crippen molar-refractivity contribution in [1.29, 1.82) is 0 Å². The van der Waals surface area contributed by atoms with Gasteiger partial charge in [0.15, 0.2) is 0 Å². The van der Waals surface area contributed by atoms with Crippen LogP contribution in [-0.2, 0) is 0 Å². The van der Waals surface area contributed by atoms with Gasteiger partial charge in [-0.3, -0.25) is 0 Å². The van der Waals surface area contributed by atoms with Crippen molar-refractivity contribution in [3.8, 4) is 28.6 Å². The van der Waals surface area contributed by atoms with E-state index in [9.17, 15) is 0 Å². The van der Waals surface area contributed by atoms with Crippen molar-refractivity contribution in [2.75, 3.05) is 6.61 Å². The van der Waals surface area contributed by atoms with Crippen LogP contribution >= 0.6 is 0 Å². The number of rotatable bonds is 4. The number of hydrogen-bond donors (Lipinski definition) is 0. The topological polar surface area (TPSA) is 48.2 Å². The molecule has 3 rings (SSSR count). The lowest BCUT2D eigenvalue weighted by atomic mass is 10.1. The molecule has 2 aromatic carbocycles. The first-order valence-electron chi connectivity index (χ1n) is 6.91. The second-order valence-corrected chi connectivity index (χ2v) is 4.72. The monoisotopic (exact) mass is 280 g/mol. The van der Waals surface area contributed by atoms with Gasteiger partial charge in [0.2, 0.25) is 5.82 Å². The molecule has 0 amide bonds. The van der Waals surface area contributed by atoms with E-state index in [1.807, 2.05) is 62.4 Å². The van der Waals surface area contributed by atoms with Crippen LogP contribution in [-0.4, -0.2) is 16.7 Å². The molecular weight excluding hydrogens is 264 g/mol. The van der Waals surface area contributed by atoms with E-state index in [2.05, 4.69) is 10.1 Å². The molecule has 0 saturated carbocycles. The Hall–Kier alpha value is -2.62. The fraction of sp³-hybridized carbons (Fsp3) is 0.176. The molecule has 0 aliphatic carbocycles. The molecule has 0 aliphatic heterocycles. The highest BCUT2D eigenvalue weighted by Gasteiger charge is 2.14. The molecule has 4 heteroatoms. The van der Waals surface area contributed by atoms with E-state index in [-0.39, 0.29) is 0 Å². The zero-order valence-electron chi connectivity index (χ0n) is 12.0. The summed E-state index contributed by atoms with van der Waals surface area (Å²) in [5.41, 5.74) is 2.94. The highest BCUT2D eigenvalue weighted by atomic mass is 16.5. The van der Waals surface area contributed by atoms with Crippen molar-refractivity contribution >= 4 is 0 Å². The third-order valence-corrected chi connectivity index (χ3v) is 3.15. The molecule has 106 valence electrons. The minimum Gasteiger partial charge on any atom is -0.493 e. The molecule has 0 spiro atoms. The first-order valence-corrected chi connectivity index (χ1v) is 6.91. The summed E-state index contributed by atoms with van der Waals surface area (Å²) in [6, 6.07) is 15.7. The molecule has 3 aromatic rings. The number of hydrogen-bond acceptors (Lipinski definition) is 4. The Balaban J connectivity index is 1.97. The fourth-order valence-corrected chi connectivity index (χ4v) is 2.08. The van der Waals surface area contributed by atoms with Crippen LogP contribution in [0.5, 0.6) is 5.75 Å². The van der Waals surface area contributed by atoms with Gasteiger partial charge in [-0.25, -0.2) is 0 Å². The summed E-state index contributed by atoms with van der Waals surface area (Å²) in [6.07, 6.45) is 0. The molecule has 0 fully saturated rings. The van der Waals surface area contributed by atoms with Gasteiger partial charge in [-0.2, -0.15) is 4.98 Å². The fourth-order valence-electron chi connectivity index (χ4n) is 2.08. The number of benzene rings is 2. The van der Waals surface area contributed by atoms with Gasteiger partial charge in [-0.1, -0.05) is 35.0 Å². The van der Waals surface area contributed by atoms with E-state index >= 15 is 0 Å². The second-order valence-electron chi connectivity index (χ2n) is 4.72. The van der Waals surface area contributed by atoms with Crippen LogP contribution in [0.3, 0.4) is 0 Å². The Bertz CT molecular complexity index is 733. The third-order valence-electron chi connectivity index (χ3n) is 3.15. The molecule has 21 heavy (non-hydrogen) atoms. The van der Waals surface area contributed by atoms with Crippen molar-refractivity contribution in [2.24, 2.45) is 0 Å². The number of nitrogens with zero attached hydrogens (tertiary/aromatic N) is 2. The van der Waals surface area contributed by atoms with E-state index in [4.69, 9.17) is 9.26 Å². The summed E-state index contributed by atoms with van der Waals surface area (Å²) in [5, 5.41) is 4.06. The zero-order valence-corrected chi connectivity index (χ0v) is 12.0. The van der Waals surface area contributed by atoms with Gasteiger partial charge < -0.3 is 9.26 Å². The molecule has 1 heterocycles. The highest BCUT2D eigenvalue weighted by Crippen LogP contribution is 2.29. The van der Waals surface area contributed by atoms with Crippen molar-refractivity contribution < 1.29 is 9.26 Å². The van der Waals surface area contributed by atoms with Crippen LogP contribution < -0.4 is 4.74 Å². The lowest BCUT2D eigenvalue weighted by Gasteiger charge is -2.05. The average Bonchev–Trinajstić information content (AvgIpc) is 2.99. The van der Waals surface area contributed by atoms with Gasteiger partial charge in [0.05, 0.1) is 12.2 Å². The van der Waals surface area contributed by atoms with Gasteiger partial charge >= 0.3 is 0 Å². The first kappa shape index (κ1) is 13.4. The maximum atomic E-state index is 5.60. The predicted octanol–water partition coefficient (Wildman–Crippen LogP) is 4.11. The van der Waals surface area contributed by atoms with Crippen LogP contribution in [0.25, 0.3) is 22.8 Å². The molecule has 0 N–H and O–H groups in total. The van der Waals surface area contributed by atoms with E-state index in [0.717, 1.165) is 16.9 Å². The van der Waals surface area contributed by atoms with Crippen LogP contribution in [0.2, 0.25) is 0 Å². The highest BCUT2D eigenvalue weighted by molar-refractivity contribution is 5.65. The quantitative estimate of drug-likeness (QED) is 0.721. The molecule has 0 radical (unpaired) electrons. The van der Waals surface area contributed by atoms with E-state index < -0.39 is 0 Å². The number of aryl methyl sites for hydroxylation is 1. The van der Waals surface area contributed by atoms with Gasteiger partial charge in [0.25, 0.3) is 5.89 Å². The van der Waals surface area contributed by atoms with Gasteiger partial charge in [0.1, 0.15) is 5.75 Å². The molecule has 0 atom stereocenters. The third kappa shape index (κ3) is 2.79. The maximum Gasteiger partial charge on any atom is 0.258 e. The summed E-state index contributed by atoms with van der Waals surface area (Å²) in [6.45, 7) is 4.59. The Morgan fingerprint density at radius 2 is 1.81 bits per heavy atom. The second kappa shape index (κ2) is 5.79. The van der Waals surface area contributed by atoms with E-state index in [1.54, 1.807) is 0 Å². The Labute approximate surface area is 123 Å². The van der Waals surface area contributed by atoms with E-state index in [0.29, 0.717) is 18.3 Å². The lowest BCUT2D eigenvalue weighted by molar-refractivity contribution is 0.341. The van der Waals surface area contributed by atoms with Crippen molar-refractivity contribution in [3.63, 3.8) is 0 Å². The first-order chi connectivity index (χ1) is 10.3. The number of para-hydroxylation sites is 1. The molecule has 0 unspecified atom stereocenters. The normalized spacial score (nSPS) is 10.6. The smallest absolute Gasteiger partial charge is 0.258 e. The zero-order chi connectivity index (χ0) is 14.7. The Morgan fingerprint density at radius 3 is 2.57 bits per heavy atom. The Morgan fingerprint density at radius 1 is 1.05 bits per heavy atom.